The number of rotatable bonds is 7. The second-order valence-electron chi connectivity index (χ2n) is 5.96. The summed E-state index contributed by atoms with van der Waals surface area (Å²) in [4.78, 5) is 40.0. The van der Waals surface area contributed by atoms with E-state index in [1.807, 2.05) is 30.5 Å². The molecule has 8 heteroatoms. The van der Waals surface area contributed by atoms with E-state index in [0.717, 1.165) is 10.5 Å². The molecule has 0 radical (unpaired) electrons. The molecule has 0 N–H and O–H groups in total. The van der Waals surface area contributed by atoms with Crippen molar-refractivity contribution in [1.29, 1.82) is 0 Å². The molecular formula is C19H24N2O5S. The van der Waals surface area contributed by atoms with E-state index in [-0.39, 0.29) is 12.5 Å². The molecule has 1 aliphatic heterocycles. The third-order valence-corrected chi connectivity index (χ3v) is 4.77. The average molecular weight is 392 g/mol. The molecule has 0 atom stereocenters. The van der Waals surface area contributed by atoms with Gasteiger partial charge in [0, 0.05) is 31.1 Å². The zero-order valence-electron chi connectivity index (χ0n) is 15.6. The van der Waals surface area contributed by atoms with E-state index in [2.05, 4.69) is 0 Å². The third-order valence-electron chi connectivity index (χ3n) is 4.03. The zero-order chi connectivity index (χ0) is 19.6. The first kappa shape index (κ1) is 21.0. The Morgan fingerprint density at radius 1 is 1.22 bits per heavy atom. The lowest BCUT2D eigenvalue weighted by molar-refractivity contribution is -0.149. The Morgan fingerprint density at radius 3 is 2.52 bits per heavy atom. The van der Waals surface area contributed by atoms with Crippen LogP contribution >= 0.6 is 11.8 Å². The Morgan fingerprint density at radius 2 is 1.89 bits per heavy atom. The molecule has 27 heavy (non-hydrogen) atoms. The second-order valence-corrected chi connectivity index (χ2v) is 6.84. The van der Waals surface area contributed by atoms with Crippen molar-refractivity contribution in [1.82, 2.24) is 9.80 Å². The van der Waals surface area contributed by atoms with E-state index in [9.17, 15) is 14.4 Å². The Labute approximate surface area is 163 Å². The molecule has 2 rings (SSSR count). The van der Waals surface area contributed by atoms with Crippen molar-refractivity contribution in [2.45, 2.75) is 4.90 Å². The van der Waals surface area contributed by atoms with Crippen molar-refractivity contribution in [3.05, 3.63) is 35.9 Å². The van der Waals surface area contributed by atoms with Crippen LogP contribution < -0.4 is 0 Å². The van der Waals surface area contributed by atoms with Crippen molar-refractivity contribution in [2.75, 3.05) is 52.8 Å². The molecule has 0 saturated carbocycles. The third kappa shape index (κ3) is 7.07. The summed E-state index contributed by atoms with van der Waals surface area (Å²) < 4.78 is 10.1. The van der Waals surface area contributed by atoms with Crippen LogP contribution in [-0.4, -0.2) is 80.3 Å². The van der Waals surface area contributed by atoms with Gasteiger partial charge >= 0.3 is 5.97 Å². The number of carbonyl (C=O) groups is 3. The molecule has 1 aromatic rings. The standard InChI is InChI=1S/C19H24N2O5S/c1-20(13-17(22)21-9-11-25-12-10-21)18(23)14-26-19(24)8-5-15-3-6-16(27-2)7-4-15/h3-8H,9-14H2,1-2H3/b8-5+. The van der Waals surface area contributed by atoms with Crippen molar-refractivity contribution in [2.24, 2.45) is 0 Å². The molecule has 0 aliphatic carbocycles. The summed E-state index contributed by atoms with van der Waals surface area (Å²) in [5, 5.41) is 0. The molecule has 1 fully saturated rings. The Kier molecular flexibility index (Phi) is 8.35. The minimum Gasteiger partial charge on any atom is -0.452 e. The number of hydrogen-bond acceptors (Lipinski definition) is 6. The van der Waals surface area contributed by atoms with Gasteiger partial charge in [-0.3, -0.25) is 9.59 Å². The number of likely N-dealkylation sites (N-methyl/N-ethyl adjacent to an activating group) is 1. The van der Waals surface area contributed by atoms with Gasteiger partial charge in [-0.25, -0.2) is 4.79 Å². The first-order valence-electron chi connectivity index (χ1n) is 8.58. The number of benzene rings is 1. The molecule has 146 valence electrons. The van der Waals surface area contributed by atoms with E-state index in [1.54, 1.807) is 22.7 Å². The number of hydrogen-bond donors (Lipinski definition) is 0. The quantitative estimate of drug-likeness (QED) is 0.395. The summed E-state index contributed by atoms with van der Waals surface area (Å²) >= 11 is 1.64. The molecule has 0 bridgehead atoms. The number of carbonyl (C=O) groups excluding carboxylic acids is 3. The van der Waals surface area contributed by atoms with Crippen LogP contribution in [0.4, 0.5) is 0 Å². The van der Waals surface area contributed by atoms with Gasteiger partial charge in [0.2, 0.25) is 5.91 Å². The van der Waals surface area contributed by atoms with Gasteiger partial charge < -0.3 is 19.3 Å². The van der Waals surface area contributed by atoms with Gasteiger partial charge in [-0.05, 0) is 30.0 Å². The lowest BCUT2D eigenvalue weighted by Gasteiger charge is -2.28. The Bertz CT molecular complexity index is 684. The smallest absolute Gasteiger partial charge is 0.331 e. The summed E-state index contributed by atoms with van der Waals surface area (Å²) in [7, 11) is 1.51. The molecule has 0 spiro atoms. The Balaban J connectivity index is 1.73. The van der Waals surface area contributed by atoms with Crippen molar-refractivity contribution in [3.63, 3.8) is 0 Å². The van der Waals surface area contributed by atoms with Crippen molar-refractivity contribution < 1.29 is 23.9 Å². The topological polar surface area (TPSA) is 76.2 Å². The number of thioether (sulfide) groups is 1. The van der Waals surface area contributed by atoms with Crippen molar-refractivity contribution >= 4 is 35.6 Å². The van der Waals surface area contributed by atoms with Crippen LogP contribution in [0.5, 0.6) is 0 Å². The lowest BCUT2D eigenvalue weighted by Crippen LogP contribution is -2.46. The molecule has 1 heterocycles. The van der Waals surface area contributed by atoms with Crippen LogP contribution in [0.2, 0.25) is 0 Å². The summed E-state index contributed by atoms with van der Waals surface area (Å²) in [5.74, 6) is -1.18. The van der Waals surface area contributed by atoms with Crippen LogP contribution in [0.15, 0.2) is 35.2 Å². The van der Waals surface area contributed by atoms with Crippen LogP contribution in [-0.2, 0) is 23.9 Å². The minimum atomic E-state index is -0.606. The molecule has 1 aliphatic rings. The molecule has 2 amide bonds. The fourth-order valence-electron chi connectivity index (χ4n) is 2.37. The van der Waals surface area contributed by atoms with Crippen LogP contribution in [0.1, 0.15) is 5.56 Å². The fraction of sp³-hybridized carbons (Fsp3) is 0.421. The highest BCUT2D eigenvalue weighted by atomic mass is 32.2. The maximum atomic E-state index is 12.1. The van der Waals surface area contributed by atoms with Gasteiger partial charge in [-0.2, -0.15) is 0 Å². The normalized spacial score (nSPS) is 14.2. The summed E-state index contributed by atoms with van der Waals surface area (Å²) in [6.45, 7) is 1.62. The second kappa shape index (κ2) is 10.7. The molecule has 0 aromatic heterocycles. The molecule has 7 nitrogen and oxygen atoms in total. The van der Waals surface area contributed by atoms with E-state index < -0.39 is 18.5 Å². The molecular weight excluding hydrogens is 368 g/mol. The van der Waals surface area contributed by atoms with Gasteiger partial charge in [0.25, 0.3) is 5.91 Å². The first-order chi connectivity index (χ1) is 13.0. The molecule has 1 aromatic carbocycles. The maximum Gasteiger partial charge on any atom is 0.331 e. The number of nitrogens with zero attached hydrogens (tertiary/aromatic N) is 2. The summed E-state index contributed by atoms with van der Waals surface area (Å²) in [6, 6.07) is 7.71. The summed E-state index contributed by atoms with van der Waals surface area (Å²) in [6.07, 6.45) is 4.90. The fourth-order valence-corrected chi connectivity index (χ4v) is 2.78. The predicted octanol–water partition coefficient (Wildman–Crippen LogP) is 1.28. The predicted molar refractivity (Wildman–Crippen MR) is 103 cm³/mol. The first-order valence-corrected chi connectivity index (χ1v) is 9.80. The van der Waals surface area contributed by atoms with E-state index in [0.29, 0.717) is 26.3 Å². The van der Waals surface area contributed by atoms with Gasteiger partial charge in [-0.15, -0.1) is 11.8 Å². The number of morpholine rings is 1. The Hall–Kier alpha value is -2.32. The minimum absolute atomic E-state index is 0.0476. The van der Waals surface area contributed by atoms with E-state index in [4.69, 9.17) is 9.47 Å². The molecule has 0 unspecified atom stereocenters. The van der Waals surface area contributed by atoms with Crippen molar-refractivity contribution in [3.8, 4) is 0 Å². The van der Waals surface area contributed by atoms with Gasteiger partial charge in [0.05, 0.1) is 19.8 Å². The number of ether oxygens (including phenoxy) is 2. The van der Waals surface area contributed by atoms with Crippen LogP contribution in [0, 0.1) is 0 Å². The average Bonchev–Trinajstić information content (AvgIpc) is 2.71. The lowest BCUT2D eigenvalue weighted by atomic mass is 10.2. The highest BCUT2D eigenvalue weighted by Crippen LogP contribution is 2.15. The number of esters is 1. The van der Waals surface area contributed by atoms with E-state index >= 15 is 0 Å². The highest BCUT2D eigenvalue weighted by molar-refractivity contribution is 7.98. The monoisotopic (exact) mass is 392 g/mol. The van der Waals surface area contributed by atoms with Gasteiger partial charge in [0.1, 0.15) is 0 Å². The van der Waals surface area contributed by atoms with Crippen LogP contribution in [0.25, 0.3) is 6.08 Å². The summed E-state index contributed by atoms with van der Waals surface area (Å²) in [5.41, 5.74) is 0.865. The highest BCUT2D eigenvalue weighted by Gasteiger charge is 2.20. The van der Waals surface area contributed by atoms with E-state index in [1.165, 1.54) is 18.0 Å². The van der Waals surface area contributed by atoms with Gasteiger partial charge in [-0.1, -0.05) is 12.1 Å². The SMILES string of the molecule is CSc1ccc(/C=C/C(=O)OCC(=O)N(C)CC(=O)N2CCOCC2)cc1. The number of amides is 2. The van der Waals surface area contributed by atoms with Gasteiger partial charge in [0.15, 0.2) is 6.61 Å². The largest absolute Gasteiger partial charge is 0.452 e. The van der Waals surface area contributed by atoms with Crippen LogP contribution in [0.3, 0.4) is 0 Å². The zero-order valence-corrected chi connectivity index (χ0v) is 16.4. The molecule has 1 saturated heterocycles. The maximum absolute atomic E-state index is 12.1.